The third-order valence-corrected chi connectivity index (χ3v) is 4.33. The highest BCUT2D eigenvalue weighted by molar-refractivity contribution is 4.89. The molecule has 0 bridgehead atoms. The van der Waals surface area contributed by atoms with Crippen LogP contribution in [0.1, 0.15) is 39.5 Å². The summed E-state index contributed by atoms with van der Waals surface area (Å²) < 4.78 is 0. The fraction of sp³-hybridized carbons (Fsp3) is 1.00. The molecule has 3 heteroatoms. The van der Waals surface area contributed by atoms with Crippen molar-refractivity contribution < 1.29 is 0 Å². The lowest BCUT2D eigenvalue weighted by atomic mass is 9.89. The average Bonchev–Trinajstić information content (AvgIpc) is 2.63. The van der Waals surface area contributed by atoms with Crippen LogP contribution in [-0.2, 0) is 0 Å². The van der Waals surface area contributed by atoms with Crippen molar-refractivity contribution >= 4 is 0 Å². The molecule has 100 valence electrons. The van der Waals surface area contributed by atoms with E-state index in [2.05, 4.69) is 36.4 Å². The van der Waals surface area contributed by atoms with Crippen LogP contribution in [0.2, 0.25) is 0 Å². The van der Waals surface area contributed by atoms with Crippen molar-refractivity contribution in [2.45, 2.75) is 51.1 Å². The smallest absolute Gasteiger partial charge is 0.0139 e. The topological polar surface area (TPSA) is 27.3 Å². The van der Waals surface area contributed by atoms with E-state index < -0.39 is 0 Å². The second kappa shape index (κ2) is 5.68. The van der Waals surface area contributed by atoms with Crippen molar-refractivity contribution in [3.05, 3.63) is 0 Å². The van der Waals surface area contributed by atoms with Gasteiger partial charge in [-0.2, -0.15) is 0 Å². The highest BCUT2D eigenvalue weighted by atomic mass is 15.1. The van der Waals surface area contributed by atoms with E-state index in [9.17, 15) is 0 Å². The van der Waals surface area contributed by atoms with Gasteiger partial charge in [-0.05, 0) is 72.1 Å². The predicted octanol–water partition coefficient (Wildman–Crippen LogP) is 1.45. The van der Waals surface area contributed by atoms with Crippen LogP contribution in [0, 0.1) is 5.92 Å². The molecule has 0 amide bonds. The summed E-state index contributed by atoms with van der Waals surface area (Å²) in [4.78, 5) is 2.46. The Bertz CT molecular complexity index is 240. The molecule has 0 aromatic rings. The molecule has 2 aliphatic rings. The normalized spacial score (nSPS) is 34.1. The first-order valence-electron chi connectivity index (χ1n) is 7.22. The molecular formula is C14H29N3. The van der Waals surface area contributed by atoms with Crippen molar-refractivity contribution in [1.29, 1.82) is 0 Å². The molecule has 2 N–H and O–H groups in total. The molecule has 2 rings (SSSR count). The zero-order chi connectivity index (χ0) is 12.3. The zero-order valence-corrected chi connectivity index (χ0v) is 11.8. The number of nitrogens with zero attached hydrogens (tertiary/aromatic N) is 1. The summed E-state index contributed by atoms with van der Waals surface area (Å²) in [6.45, 7) is 9.60. The largest absolute Gasteiger partial charge is 0.314 e. The van der Waals surface area contributed by atoms with Gasteiger partial charge < -0.3 is 15.5 Å². The summed E-state index contributed by atoms with van der Waals surface area (Å²) in [6, 6.07) is 0.727. The summed E-state index contributed by atoms with van der Waals surface area (Å²) in [5, 5.41) is 7.34. The Kier molecular flexibility index (Phi) is 4.45. The number of hydrogen-bond acceptors (Lipinski definition) is 3. The number of piperidine rings is 1. The van der Waals surface area contributed by atoms with Crippen LogP contribution >= 0.6 is 0 Å². The fourth-order valence-electron chi connectivity index (χ4n) is 3.30. The minimum Gasteiger partial charge on any atom is -0.314 e. The number of rotatable bonds is 4. The molecule has 0 aliphatic carbocycles. The van der Waals surface area contributed by atoms with Crippen molar-refractivity contribution in [3.63, 3.8) is 0 Å². The van der Waals surface area contributed by atoms with Crippen LogP contribution < -0.4 is 10.6 Å². The van der Waals surface area contributed by atoms with Gasteiger partial charge in [0, 0.05) is 18.1 Å². The number of likely N-dealkylation sites (tertiary alicyclic amines) is 1. The summed E-state index contributed by atoms with van der Waals surface area (Å²) in [5.41, 5.74) is 0.323. The van der Waals surface area contributed by atoms with Crippen LogP contribution in [0.4, 0.5) is 0 Å². The lowest BCUT2D eigenvalue weighted by Gasteiger charge is -2.37. The predicted molar refractivity (Wildman–Crippen MR) is 73.3 cm³/mol. The maximum absolute atomic E-state index is 3.76. The Hall–Kier alpha value is -0.120. The van der Waals surface area contributed by atoms with E-state index in [-0.39, 0.29) is 0 Å². The summed E-state index contributed by atoms with van der Waals surface area (Å²) in [7, 11) is 2.24. The Morgan fingerprint density at radius 1 is 1.35 bits per heavy atom. The highest BCUT2D eigenvalue weighted by Gasteiger charge is 2.27. The molecule has 17 heavy (non-hydrogen) atoms. The number of nitrogens with one attached hydrogen (secondary N) is 2. The molecule has 2 atom stereocenters. The van der Waals surface area contributed by atoms with Crippen molar-refractivity contribution in [2.75, 3.05) is 33.2 Å². The molecule has 0 aromatic heterocycles. The summed E-state index contributed by atoms with van der Waals surface area (Å²) in [6.07, 6.45) is 5.30. The van der Waals surface area contributed by atoms with Gasteiger partial charge in [0.15, 0.2) is 0 Å². The van der Waals surface area contributed by atoms with E-state index in [1.807, 2.05) is 0 Å². The Morgan fingerprint density at radius 3 is 2.82 bits per heavy atom. The van der Waals surface area contributed by atoms with Gasteiger partial charge in [0.1, 0.15) is 0 Å². The lowest BCUT2D eigenvalue weighted by molar-refractivity contribution is 0.245. The first kappa shape index (κ1) is 13.3. The zero-order valence-electron chi connectivity index (χ0n) is 11.8. The lowest BCUT2D eigenvalue weighted by Crippen LogP contribution is -2.52. The first-order chi connectivity index (χ1) is 8.05. The van der Waals surface area contributed by atoms with Gasteiger partial charge >= 0.3 is 0 Å². The van der Waals surface area contributed by atoms with E-state index >= 15 is 0 Å². The first-order valence-corrected chi connectivity index (χ1v) is 7.22. The van der Waals surface area contributed by atoms with Crippen molar-refractivity contribution in [2.24, 2.45) is 5.92 Å². The molecule has 0 aromatic carbocycles. The Balaban J connectivity index is 1.62. The molecule has 0 spiro atoms. The van der Waals surface area contributed by atoms with Crippen LogP contribution in [-0.4, -0.2) is 49.7 Å². The molecule has 2 aliphatic heterocycles. The summed E-state index contributed by atoms with van der Waals surface area (Å²) >= 11 is 0. The average molecular weight is 239 g/mol. The summed E-state index contributed by atoms with van der Waals surface area (Å²) in [5.74, 6) is 0.933. The molecule has 2 saturated heterocycles. The monoisotopic (exact) mass is 239 g/mol. The van der Waals surface area contributed by atoms with Gasteiger partial charge in [-0.3, -0.25) is 0 Å². The molecule has 2 fully saturated rings. The number of hydrogen-bond donors (Lipinski definition) is 2. The SMILES string of the molecule is CN1CCC(CCNC2CCNC(C)(C)C2)C1. The third-order valence-electron chi connectivity index (χ3n) is 4.33. The third kappa shape index (κ3) is 4.23. The minimum atomic E-state index is 0.323. The minimum absolute atomic E-state index is 0.323. The van der Waals surface area contributed by atoms with Gasteiger partial charge in [-0.25, -0.2) is 0 Å². The van der Waals surface area contributed by atoms with Crippen LogP contribution in [0.3, 0.4) is 0 Å². The second-order valence-corrected chi connectivity index (χ2v) is 6.66. The van der Waals surface area contributed by atoms with Gasteiger partial charge in [0.2, 0.25) is 0 Å². The molecule has 2 heterocycles. The van der Waals surface area contributed by atoms with Gasteiger partial charge in [-0.1, -0.05) is 0 Å². The molecule has 2 unspecified atom stereocenters. The van der Waals surface area contributed by atoms with Crippen molar-refractivity contribution in [3.8, 4) is 0 Å². The van der Waals surface area contributed by atoms with E-state index in [1.165, 1.54) is 45.3 Å². The second-order valence-electron chi connectivity index (χ2n) is 6.66. The fourth-order valence-corrected chi connectivity index (χ4v) is 3.30. The van der Waals surface area contributed by atoms with Gasteiger partial charge in [0.05, 0.1) is 0 Å². The standard InChI is InChI=1S/C14H29N3/c1-14(2)10-13(5-8-16-14)15-7-4-12-6-9-17(3)11-12/h12-13,15-16H,4-11H2,1-3H3. The maximum atomic E-state index is 3.76. The van der Waals surface area contributed by atoms with E-state index in [4.69, 9.17) is 0 Å². The Morgan fingerprint density at radius 2 is 2.18 bits per heavy atom. The van der Waals surface area contributed by atoms with Gasteiger partial charge in [0.25, 0.3) is 0 Å². The van der Waals surface area contributed by atoms with Crippen LogP contribution in [0.5, 0.6) is 0 Å². The highest BCUT2D eigenvalue weighted by Crippen LogP contribution is 2.20. The molecule has 0 radical (unpaired) electrons. The maximum Gasteiger partial charge on any atom is 0.0139 e. The Labute approximate surface area is 106 Å². The van der Waals surface area contributed by atoms with Crippen LogP contribution in [0.15, 0.2) is 0 Å². The quantitative estimate of drug-likeness (QED) is 0.777. The van der Waals surface area contributed by atoms with Gasteiger partial charge in [-0.15, -0.1) is 0 Å². The van der Waals surface area contributed by atoms with Crippen LogP contribution in [0.25, 0.3) is 0 Å². The molecular weight excluding hydrogens is 210 g/mol. The molecule has 3 nitrogen and oxygen atoms in total. The molecule has 0 saturated carbocycles. The van der Waals surface area contributed by atoms with E-state index in [1.54, 1.807) is 0 Å². The van der Waals surface area contributed by atoms with E-state index in [0.29, 0.717) is 5.54 Å². The van der Waals surface area contributed by atoms with Crippen molar-refractivity contribution in [1.82, 2.24) is 15.5 Å². The van der Waals surface area contributed by atoms with E-state index in [0.717, 1.165) is 18.5 Å².